The number of guanidine groups is 1. The van der Waals surface area contributed by atoms with Crippen LogP contribution in [0, 0.1) is 17.6 Å². The fraction of sp³-hybridized carbons (Fsp3) is 0.474. The van der Waals surface area contributed by atoms with Gasteiger partial charge in [0.1, 0.15) is 11.6 Å². The highest BCUT2D eigenvalue weighted by molar-refractivity contribution is 14.0. The molecule has 1 fully saturated rings. The van der Waals surface area contributed by atoms with E-state index in [1.54, 1.807) is 0 Å². The third-order valence-electron chi connectivity index (χ3n) is 4.61. The molecule has 0 bridgehead atoms. The molecule has 5 nitrogen and oxygen atoms in total. The van der Waals surface area contributed by atoms with E-state index in [1.807, 2.05) is 24.9 Å². The highest BCUT2D eigenvalue weighted by atomic mass is 127. The molecule has 2 heterocycles. The van der Waals surface area contributed by atoms with E-state index in [0.29, 0.717) is 5.92 Å². The van der Waals surface area contributed by atoms with E-state index >= 15 is 0 Å². The number of benzene rings is 1. The topological polar surface area (TPSA) is 45.5 Å². The first-order valence-corrected chi connectivity index (χ1v) is 9.00. The van der Waals surface area contributed by atoms with Crippen LogP contribution >= 0.6 is 24.0 Å². The predicted octanol–water partition coefficient (Wildman–Crippen LogP) is 3.35. The van der Waals surface area contributed by atoms with Gasteiger partial charge in [-0.25, -0.2) is 13.8 Å². The van der Waals surface area contributed by atoms with Crippen LogP contribution in [0.4, 0.5) is 8.78 Å². The SMILES string of the molecule is CCNC(=NCc1cc(F)ccc1F)N1CCC(Cc2cnn(C)c2)C1.I. The minimum atomic E-state index is -0.445. The number of halogens is 3. The van der Waals surface area contributed by atoms with Crippen LogP contribution in [0.15, 0.2) is 35.6 Å². The summed E-state index contributed by atoms with van der Waals surface area (Å²) in [6.07, 6.45) is 6.03. The van der Waals surface area contributed by atoms with Crippen LogP contribution in [0.3, 0.4) is 0 Å². The molecule has 0 aliphatic carbocycles. The molecule has 8 heteroatoms. The van der Waals surface area contributed by atoms with Crippen LogP contribution in [-0.4, -0.2) is 40.3 Å². The van der Waals surface area contributed by atoms with E-state index in [9.17, 15) is 8.78 Å². The van der Waals surface area contributed by atoms with Crippen LogP contribution in [0.2, 0.25) is 0 Å². The maximum absolute atomic E-state index is 13.8. The zero-order valence-electron chi connectivity index (χ0n) is 15.7. The summed E-state index contributed by atoms with van der Waals surface area (Å²) in [4.78, 5) is 6.72. The summed E-state index contributed by atoms with van der Waals surface area (Å²) in [6.45, 7) is 4.65. The molecule has 1 unspecified atom stereocenters. The first kappa shape index (κ1) is 21.6. The number of likely N-dealkylation sites (tertiary alicyclic amines) is 1. The van der Waals surface area contributed by atoms with Gasteiger partial charge in [-0.1, -0.05) is 0 Å². The van der Waals surface area contributed by atoms with Gasteiger partial charge in [0.2, 0.25) is 0 Å². The van der Waals surface area contributed by atoms with Crippen LogP contribution in [0.5, 0.6) is 0 Å². The predicted molar refractivity (Wildman–Crippen MR) is 113 cm³/mol. The fourth-order valence-corrected chi connectivity index (χ4v) is 3.35. The van der Waals surface area contributed by atoms with Gasteiger partial charge >= 0.3 is 0 Å². The number of aromatic nitrogens is 2. The quantitative estimate of drug-likeness (QED) is 0.398. The van der Waals surface area contributed by atoms with Crippen molar-refractivity contribution in [3.63, 3.8) is 0 Å². The molecule has 1 atom stereocenters. The van der Waals surface area contributed by atoms with Crippen molar-refractivity contribution in [1.82, 2.24) is 20.0 Å². The Morgan fingerprint density at radius 2 is 2.19 bits per heavy atom. The lowest BCUT2D eigenvalue weighted by molar-refractivity contribution is 0.459. The molecule has 1 aliphatic heterocycles. The molecule has 0 saturated carbocycles. The molecule has 27 heavy (non-hydrogen) atoms. The number of nitrogens with zero attached hydrogens (tertiary/aromatic N) is 4. The Balaban J connectivity index is 0.00000261. The van der Waals surface area contributed by atoms with Gasteiger partial charge in [0.05, 0.1) is 12.7 Å². The molecular formula is C19H26F2IN5. The van der Waals surface area contributed by atoms with Crippen molar-refractivity contribution < 1.29 is 8.78 Å². The molecule has 1 saturated heterocycles. The summed E-state index contributed by atoms with van der Waals surface area (Å²) in [6, 6.07) is 3.47. The van der Waals surface area contributed by atoms with Gasteiger partial charge in [-0.15, -0.1) is 24.0 Å². The Morgan fingerprint density at radius 3 is 2.89 bits per heavy atom. The van der Waals surface area contributed by atoms with Gasteiger partial charge < -0.3 is 10.2 Å². The lowest BCUT2D eigenvalue weighted by atomic mass is 10.0. The molecule has 1 N–H and O–H groups in total. The Labute approximate surface area is 175 Å². The van der Waals surface area contributed by atoms with E-state index in [0.717, 1.165) is 50.6 Å². The Morgan fingerprint density at radius 1 is 1.37 bits per heavy atom. The molecule has 1 aromatic carbocycles. The molecular weight excluding hydrogens is 463 g/mol. The van der Waals surface area contributed by atoms with E-state index in [4.69, 9.17) is 0 Å². The zero-order valence-corrected chi connectivity index (χ0v) is 18.0. The summed E-state index contributed by atoms with van der Waals surface area (Å²) >= 11 is 0. The number of rotatable bonds is 5. The molecule has 0 spiro atoms. The Kier molecular flexibility index (Phi) is 8.00. The van der Waals surface area contributed by atoms with E-state index in [2.05, 4.69) is 26.5 Å². The molecule has 3 rings (SSSR count). The lowest BCUT2D eigenvalue weighted by Gasteiger charge is -2.21. The summed E-state index contributed by atoms with van der Waals surface area (Å²) < 4.78 is 29.0. The first-order chi connectivity index (χ1) is 12.5. The maximum atomic E-state index is 13.8. The molecule has 148 valence electrons. The van der Waals surface area contributed by atoms with Crippen molar-refractivity contribution in [1.29, 1.82) is 0 Å². The molecule has 0 amide bonds. The Hall–Kier alpha value is -1.71. The summed E-state index contributed by atoms with van der Waals surface area (Å²) in [5.74, 6) is 0.417. The van der Waals surface area contributed by atoms with Crippen LogP contribution in [0.1, 0.15) is 24.5 Å². The highest BCUT2D eigenvalue weighted by Crippen LogP contribution is 2.21. The summed E-state index contributed by atoms with van der Waals surface area (Å²) in [7, 11) is 1.92. The van der Waals surface area contributed by atoms with Crippen molar-refractivity contribution in [2.75, 3.05) is 19.6 Å². The number of hydrogen-bond donors (Lipinski definition) is 1. The third-order valence-corrected chi connectivity index (χ3v) is 4.61. The average molecular weight is 489 g/mol. The van der Waals surface area contributed by atoms with Crippen molar-refractivity contribution >= 4 is 29.9 Å². The smallest absolute Gasteiger partial charge is 0.194 e. The average Bonchev–Trinajstić information content (AvgIpc) is 3.24. The first-order valence-electron chi connectivity index (χ1n) is 9.00. The zero-order chi connectivity index (χ0) is 18.5. The van der Waals surface area contributed by atoms with Crippen LogP contribution in [0.25, 0.3) is 0 Å². The van der Waals surface area contributed by atoms with Gasteiger partial charge in [0.25, 0.3) is 0 Å². The Bertz CT molecular complexity index is 777. The van der Waals surface area contributed by atoms with E-state index in [-0.39, 0.29) is 36.1 Å². The van der Waals surface area contributed by atoms with E-state index < -0.39 is 11.6 Å². The molecule has 2 aromatic rings. The normalized spacial score (nSPS) is 17.1. The molecule has 1 aromatic heterocycles. The number of nitrogens with one attached hydrogen (secondary N) is 1. The second kappa shape index (κ2) is 10.0. The second-order valence-corrected chi connectivity index (χ2v) is 6.73. The van der Waals surface area contributed by atoms with Gasteiger partial charge in [-0.05, 0) is 49.4 Å². The molecule has 0 radical (unpaired) electrons. The van der Waals surface area contributed by atoms with Crippen molar-refractivity contribution in [2.45, 2.75) is 26.3 Å². The van der Waals surface area contributed by atoms with E-state index in [1.165, 1.54) is 11.6 Å². The number of aryl methyl sites for hydroxylation is 1. The van der Waals surface area contributed by atoms with Crippen molar-refractivity contribution in [3.05, 3.63) is 53.4 Å². The fourth-order valence-electron chi connectivity index (χ4n) is 3.35. The van der Waals surface area contributed by atoms with Crippen LogP contribution < -0.4 is 5.32 Å². The van der Waals surface area contributed by atoms with Gasteiger partial charge in [-0.3, -0.25) is 4.68 Å². The summed E-state index contributed by atoms with van der Waals surface area (Å²) in [5, 5.41) is 7.48. The summed E-state index contributed by atoms with van der Waals surface area (Å²) in [5.41, 5.74) is 1.51. The monoisotopic (exact) mass is 489 g/mol. The lowest BCUT2D eigenvalue weighted by Crippen LogP contribution is -2.40. The minimum absolute atomic E-state index is 0. The third kappa shape index (κ3) is 5.88. The highest BCUT2D eigenvalue weighted by Gasteiger charge is 2.25. The van der Waals surface area contributed by atoms with Crippen LogP contribution in [-0.2, 0) is 20.0 Å². The number of hydrogen-bond acceptors (Lipinski definition) is 2. The standard InChI is InChI=1S/C19H25F2N5.HI/c1-3-22-19(23-11-16-9-17(20)4-5-18(16)21)26-7-6-14(13-26)8-15-10-24-25(2)12-15;/h4-5,9-10,12,14H,3,6-8,11,13H2,1-2H3,(H,22,23);1H. The number of aliphatic imine (C=N–C) groups is 1. The largest absolute Gasteiger partial charge is 0.357 e. The van der Waals surface area contributed by atoms with Crippen molar-refractivity contribution in [3.8, 4) is 0 Å². The maximum Gasteiger partial charge on any atom is 0.194 e. The van der Waals surface area contributed by atoms with Gasteiger partial charge in [-0.2, -0.15) is 5.10 Å². The van der Waals surface area contributed by atoms with Gasteiger partial charge in [0.15, 0.2) is 5.96 Å². The van der Waals surface area contributed by atoms with Crippen molar-refractivity contribution in [2.24, 2.45) is 18.0 Å². The van der Waals surface area contributed by atoms with Gasteiger partial charge in [0, 0.05) is 38.4 Å². The minimum Gasteiger partial charge on any atom is -0.357 e. The molecule has 1 aliphatic rings. The second-order valence-electron chi connectivity index (χ2n) is 6.73.